The average molecular weight is 174 g/mol. The maximum atomic E-state index is 9.46. The molecule has 0 rings (SSSR count). The van der Waals surface area contributed by atoms with Crippen LogP contribution in [0.1, 0.15) is 46.5 Å². The van der Waals surface area contributed by atoms with Gasteiger partial charge in [0.25, 0.3) is 0 Å². The maximum Gasteiger partial charge on any atom is 0.0801 e. The first kappa shape index (κ1) is 11.9. The lowest BCUT2D eigenvalue weighted by Gasteiger charge is -2.18. The monoisotopic (exact) mass is 174 g/mol. The minimum Gasteiger partial charge on any atom is -0.390 e. The van der Waals surface area contributed by atoms with Crippen molar-refractivity contribution >= 4 is 0 Å². The van der Waals surface area contributed by atoms with E-state index in [0.29, 0.717) is 12.3 Å². The molecule has 0 aromatic rings. The van der Waals surface area contributed by atoms with E-state index in [0.717, 1.165) is 19.3 Å². The molecular weight excluding hydrogens is 152 g/mol. The molecule has 2 atom stereocenters. The summed E-state index contributed by atoms with van der Waals surface area (Å²) in [6.07, 6.45) is 2.45. The molecule has 0 amide bonds. The highest BCUT2D eigenvalue weighted by atomic mass is 16.3. The molecule has 0 radical (unpaired) electrons. The molecule has 0 saturated carbocycles. The number of aliphatic hydroxyl groups excluding tert-OH is 2. The second kappa shape index (κ2) is 6.44. The first-order valence-corrected chi connectivity index (χ1v) is 4.94. The van der Waals surface area contributed by atoms with Crippen molar-refractivity contribution in [3.63, 3.8) is 0 Å². The number of aliphatic hydroxyl groups is 2. The van der Waals surface area contributed by atoms with Gasteiger partial charge in [0.15, 0.2) is 0 Å². The van der Waals surface area contributed by atoms with Crippen molar-refractivity contribution in [1.29, 1.82) is 0 Å². The average Bonchev–Trinajstić information content (AvgIpc) is 1.98. The largest absolute Gasteiger partial charge is 0.390 e. The third-order valence-corrected chi connectivity index (χ3v) is 2.01. The Morgan fingerprint density at radius 2 is 1.67 bits per heavy atom. The zero-order valence-corrected chi connectivity index (χ0v) is 8.45. The number of hydrogen-bond acceptors (Lipinski definition) is 2. The SMILES string of the molecule is CCCC[C@@H](O)[C@H](O)CC(C)C. The van der Waals surface area contributed by atoms with Gasteiger partial charge in [-0.1, -0.05) is 33.6 Å². The first-order valence-electron chi connectivity index (χ1n) is 4.94. The van der Waals surface area contributed by atoms with E-state index in [4.69, 9.17) is 0 Å². The summed E-state index contributed by atoms with van der Waals surface area (Å²) in [6, 6.07) is 0. The van der Waals surface area contributed by atoms with Crippen LogP contribution in [0.3, 0.4) is 0 Å². The Morgan fingerprint density at radius 1 is 1.08 bits per heavy atom. The van der Waals surface area contributed by atoms with E-state index in [-0.39, 0.29) is 0 Å². The van der Waals surface area contributed by atoms with E-state index in [2.05, 4.69) is 20.8 Å². The van der Waals surface area contributed by atoms with Crippen molar-refractivity contribution < 1.29 is 10.2 Å². The second-order valence-corrected chi connectivity index (χ2v) is 3.91. The molecule has 0 bridgehead atoms. The molecule has 0 aliphatic carbocycles. The summed E-state index contributed by atoms with van der Waals surface area (Å²) >= 11 is 0. The smallest absolute Gasteiger partial charge is 0.0801 e. The van der Waals surface area contributed by atoms with Crippen molar-refractivity contribution in [2.45, 2.75) is 58.7 Å². The summed E-state index contributed by atoms with van der Waals surface area (Å²) < 4.78 is 0. The van der Waals surface area contributed by atoms with Gasteiger partial charge >= 0.3 is 0 Å². The lowest BCUT2D eigenvalue weighted by atomic mass is 9.99. The topological polar surface area (TPSA) is 40.5 Å². The van der Waals surface area contributed by atoms with Crippen LogP contribution in [-0.2, 0) is 0 Å². The quantitative estimate of drug-likeness (QED) is 0.646. The summed E-state index contributed by atoms with van der Waals surface area (Å²) in [5, 5.41) is 18.9. The molecule has 0 aromatic heterocycles. The fraction of sp³-hybridized carbons (Fsp3) is 1.00. The minimum absolute atomic E-state index is 0.455. The van der Waals surface area contributed by atoms with E-state index in [9.17, 15) is 10.2 Å². The zero-order chi connectivity index (χ0) is 9.56. The predicted octanol–water partition coefficient (Wildman–Crippen LogP) is 1.94. The van der Waals surface area contributed by atoms with Crippen molar-refractivity contribution in [2.75, 3.05) is 0 Å². The number of rotatable bonds is 6. The molecule has 2 N–H and O–H groups in total. The second-order valence-electron chi connectivity index (χ2n) is 3.91. The third-order valence-electron chi connectivity index (χ3n) is 2.01. The molecule has 74 valence electrons. The molecule has 0 aromatic carbocycles. The van der Waals surface area contributed by atoms with Gasteiger partial charge in [-0.05, 0) is 18.8 Å². The molecular formula is C10H22O2. The van der Waals surface area contributed by atoms with Crippen LogP contribution in [0.25, 0.3) is 0 Å². The molecule has 2 heteroatoms. The van der Waals surface area contributed by atoms with Gasteiger partial charge in [0.1, 0.15) is 0 Å². The fourth-order valence-electron chi connectivity index (χ4n) is 1.25. The van der Waals surface area contributed by atoms with Gasteiger partial charge in [-0.25, -0.2) is 0 Å². The standard InChI is InChI=1S/C10H22O2/c1-4-5-6-9(11)10(12)7-8(2)3/h8-12H,4-7H2,1-3H3/t9-,10-/m1/s1. The van der Waals surface area contributed by atoms with Crippen LogP contribution >= 0.6 is 0 Å². The lowest BCUT2D eigenvalue weighted by Crippen LogP contribution is -2.27. The lowest BCUT2D eigenvalue weighted by molar-refractivity contribution is 0.00205. The van der Waals surface area contributed by atoms with Crippen LogP contribution in [0.15, 0.2) is 0 Å². The van der Waals surface area contributed by atoms with Crippen molar-refractivity contribution in [3.8, 4) is 0 Å². The van der Waals surface area contributed by atoms with Crippen LogP contribution in [0, 0.1) is 5.92 Å². The number of unbranched alkanes of at least 4 members (excludes halogenated alkanes) is 1. The normalized spacial score (nSPS) is 16.5. The Morgan fingerprint density at radius 3 is 2.08 bits per heavy atom. The Bertz CT molecular complexity index is 102. The predicted molar refractivity (Wildman–Crippen MR) is 51.0 cm³/mol. The van der Waals surface area contributed by atoms with Crippen LogP contribution in [0.4, 0.5) is 0 Å². The van der Waals surface area contributed by atoms with E-state index in [1.54, 1.807) is 0 Å². The van der Waals surface area contributed by atoms with E-state index < -0.39 is 12.2 Å². The maximum absolute atomic E-state index is 9.46. The highest BCUT2D eigenvalue weighted by Gasteiger charge is 2.16. The fourth-order valence-corrected chi connectivity index (χ4v) is 1.25. The van der Waals surface area contributed by atoms with Crippen LogP contribution in [0.2, 0.25) is 0 Å². The summed E-state index contributed by atoms with van der Waals surface area (Å²) in [5.74, 6) is 0.455. The molecule has 0 aliphatic rings. The molecule has 0 heterocycles. The molecule has 0 fully saturated rings. The van der Waals surface area contributed by atoms with E-state index in [1.165, 1.54) is 0 Å². The van der Waals surface area contributed by atoms with Gasteiger partial charge in [0.05, 0.1) is 12.2 Å². The summed E-state index contributed by atoms with van der Waals surface area (Å²) in [4.78, 5) is 0. The van der Waals surface area contributed by atoms with Gasteiger partial charge in [-0.2, -0.15) is 0 Å². The molecule has 0 aliphatic heterocycles. The van der Waals surface area contributed by atoms with E-state index >= 15 is 0 Å². The first-order chi connectivity index (χ1) is 5.57. The summed E-state index contributed by atoms with van der Waals surface area (Å²) in [6.45, 7) is 6.19. The van der Waals surface area contributed by atoms with E-state index in [1.807, 2.05) is 0 Å². The van der Waals surface area contributed by atoms with Crippen LogP contribution in [-0.4, -0.2) is 22.4 Å². The molecule has 0 unspecified atom stereocenters. The van der Waals surface area contributed by atoms with Gasteiger partial charge in [-0.3, -0.25) is 0 Å². The molecule has 0 spiro atoms. The van der Waals surface area contributed by atoms with Crippen molar-refractivity contribution in [3.05, 3.63) is 0 Å². The van der Waals surface area contributed by atoms with Crippen molar-refractivity contribution in [2.24, 2.45) is 5.92 Å². The summed E-state index contributed by atoms with van der Waals surface area (Å²) in [7, 11) is 0. The van der Waals surface area contributed by atoms with Crippen LogP contribution < -0.4 is 0 Å². The third kappa shape index (κ3) is 5.56. The highest BCUT2D eigenvalue weighted by Crippen LogP contribution is 2.12. The Kier molecular flexibility index (Phi) is 6.39. The molecule has 2 nitrogen and oxygen atoms in total. The van der Waals surface area contributed by atoms with Crippen molar-refractivity contribution in [1.82, 2.24) is 0 Å². The zero-order valence-electron chi connectivity index (χ0n) is 8.45. The Hall–Kier alpha value is -0.0800. The molecule has 12 heavy (non-hydrogen) atoms. The Balaban J connectivity index is 3.53. The van der Waals surface area contributed by atoms with Gasteiger partial charge in [0, 0.05) is 0 Å². The minimum atomic E-state index is -0.531. The van der Waals surface area contributed by atoms with Crippen LogP contribution in [0.5, 0.6) is 0 Å². The Labute approximate surface area is 75.6 Å². The summed E-state index contributed by atoms with van der Waals surface area (Å²) in [5.41, 5.74) is 0. The molecule has 0 saturated heterocycles. The number of hydrogen-bond donors (Lipinski definition) is 2. The highest BCUT2D eigenvalue weighted by molar-refractivity contribution is 4.68. The van der Waals surface area contributed by atoms with Gasteiger partial charge in [0.2, 0.25) is 0 Å². The van der Waals surface area contributed by atoms with Gasteiger partial charge < -0.3 is 10.2 Å². The van der Waals surface area contributed by atoms with Gasteiger partial charge in [-0.15, -0.1) is 0 Å².